The highest BCUT2D eigenvalue weighted by Gasteiger charge is 2.27. The molecule has 0 aromatic carbocycles. The lowest BCUT2D eigenvalue weighted by atomic mass is 10.4. The molecule has 0 spiro atoms. The maximum Gasteiger partial charge on any atom is 0.411 e. The van der Waals surface area contributed by atoms with Gasteiger partial charge in [0.25, 0.3) is 0 Å². The van der Waals surface area contributed by atoms with E-state index in [1.165, 1.54) is 6.92 Å². The van der Waals surface area contributed by atoms with Gasteiger partial charge in [-0.05, 0) is 6.92 Å². The van der Waals surface area contributed by atoms with Crippen molar-refractivity contribution < 1.29 is 23.0 Å². The number of rotatable bonds is 3. The molecule has 0 saturated heterocycles. The van der Waals surface area contributed by atoms with Crippen molar-refractivity contribution >= 4 is 0 Å². The van der Waals surface area contributed by atoms with Crippen LogP contribution in [0.3, 0.4) is 0 Å². The molecule has 0 rings (SSSR count). The molecule has 0 aromatic heterocycles. The van der Waals surface area contributed by atoms with Crippen LogP contribution in [0.15, 0.2) is 0 Å². The lowest BCUT2D eigenvalue weighted by Crippen LogP contribution is -2.21. The van der Waals surface area contributed by atoms with Crippen molar-refractivity contribution in [3.8, 4) is 0 Å². The van der Waals surface area contributed by atoms with Gasteiger partial charge in [0.1, 0.15) is 6.61 Å². The van der Waals surface area contributed by atoms with Crippen LogP contribution in [0, 0.1) is 0 Å². The Morgan fingerprint density at radius 1 is 1.50 bits per heavy atom. The maximum atomic E-state index is 11.3. The minimum atomic E-state index is -4.30. The molecule has 0 aliphatic rings. The van der Waals surface area contributed by atoms with E-state index < -0.39 is 18.9 Å². The highest BCUT2D eigenvalue weighted by atomic mass is 19.4. The Balaban J connectivity index is 3.21. The lowest BCUT2D eigenvalue weighted by Gasteiger charge is -2.08. The zero-order chi connectivity index (χ0) is 8.20. The van der Waals surface area contributed by atoms with E-state index in [-0.39, 0.29) is 6.61 Å². The van der Waals surface area contributed by atoms with Crippen molar-refractivity contribution in [2.24, 2.45) is 0 Å². The predicted octanol–water partition coefficient (Wildman–Crippen LogP) is 0.946. The Labute approximate surface area is 56.6 Å². The molecule has 2 nitrogen and oxygen atoms in total. The van der Waals surface area contributed by atoms with E-state index in [1.54, 1.807) is 0 Å². The first kappa shape index (κ1) is 9.71. The summed E-state index contributed by atoms with van der Waals surface area (Å²) in [4.78, 5) is 0. The van der Waals surface area contributed by atoms with E-state index in [0.29, 0.717) is 0 Å². The topological polar surface area (TPSA) is 29.5 Å². The van der Waals surface area contributed by atoms with E-state index in [9.17, 15) is 13.2 Å². The third-order valence-corrected chi connectivity index (χ3v) is 0.625. The summed E-state index contributed by atoms with van der Waals surface area (Å²) in [5.41, 5.74) is 0. The zero-order valence-corrected chi connectivity index (χ0v) is 5.48. The van der Waals surface area contributed by atoms with Crippen molar-refractivity contribution in [1.82, 2.24) is 0 Å². The van der Waals surface area contributed by atoms with Gasteiger partial charge in [-0.15, -0.1) is 0 Å². The maximum absolute atomic E-state index is 11.3. The van der Waals surface area contributed by atoms with Gasteiger partial charge in [-0.2, -0.15) is 13.2 Å². The van der Waals surface area contributed by atoms with Crippen LogP contribution in [0.1, 0.15) is 6.92 Å². The summed E-state index contributed by atoms with van der Waals surface area (Å²) in [6.45, 7) is -0.214. The third kappa shape index (κ3) is 7.71. The van der Waals surface area contributed by atoms with E-state index in [0.717, 1.165) is 0 Å². The van der Waals surface area contributed by atoms with Gasteiger partial charge in [0.2, 0.25) is 0 Å². The highest BCUT2D eigenvalue weighted by Crippen LogP contribution is 2.14. The SMILES string of the molecule is CC(O)COCC(F)(F)F. The first-order valence-corrected chi connectivity index (χ1v) is 2.74. The molecule has 0 aromatic rings. The number of aliphatic hydroxyl groups is 1. The Kier molecular flexibility index (Phi) is 3.67. The summed E-state index contributed by atoms with van der Waals surface area (Å²) >= 11 is 0. The van der Waals surface area contributed by atoms with Gasteiger partial charge in [0.05, 0.1) is 12.7 Å². The number of hydrogen-bond donors (Lipinski definition) is 1. The average molecular weight is 158 g/mol. The summed E-state index contributed by atoms with van der Waals surface area (Å²) in [5, 5.41) is 8.46. The van der Waals surface area contributed by atoms with Crippen molar-refractivity contribution in [2.45, 2.75) is 19.2 Å². The number of alkyl halides is 3. The predicted molar refractivity (Wildman–Crippen MR) is 28.6 cm³/mol. The summed E-state index contributed by atoms with van der Waals surface area (Å²) in [6, 6.07) is 0. The number of ether oxygens (including phenoxy) is 1. The highest BCUT2D eigenvalue weighted by molar-refractivity contribution is 4.47. The Bertz CT molecular complexity index is 89.4. The molecule has 0 amide bonds. The van der Waals surface area contributed by atoms with E-state index in [4.69, 9.17) is 5.11 Å². The van der Waals surface area contributed by atoms with E-state index in [1.807, 2.05) is 0 Å². The molecule has 0 radical (unpaired) electrons. The molecule has 0 saturated carbocycles. The van der Waals surface area contributed by atoms with Gasteiger partial charge in [0.15, 0.2) is 0 Å². The summed E-state index contributed by atoms with van der Waals surface area (Å²) in [6.07, 6.45) is -5.14. The molecular formula is C5H9F3O2. The van der Waals surface area contributed by atoms with Crippen molar-refractivity contribution in [2.75, 3.05) is 13.2 Å². The minimum absolute atomic E-state index is 0.278. The van der Waals surface area contributed by atoms with Crippen LogP contribution in [0.25, 0.3) is 0 Å². The summed E-state index contributed by atoms with van der Waals surface area (Å²) in [5.74, 6) is 0. The molecule has 1 N–H and O–H groups in total. The van der Waals surface area contributed by atoms with Crippen LogP contribution in [0.5, 0.6) is 0 Å². The Hall–Kier alpha value is -0.290. The zero-order valence-electron chi connectivity index (χ0n) is 5.48. The molecule has 10 heavy (non-hydrogen) atoms. The second kappa shape index (κ2) is 3.78. The standard InChI is InChI=1S/C5H9F3O2/c1-4(9)2-10-3-5(6,7)8/h4,9H,2-3H2,1H3. The molecule has 0 aliphatic heterocycles. The molecule has 0 fully saturated rings. The molecule has 5 heteroatoms. The van der Waals surface area contributed by atoms with Gasteiger partial charge < -0.3 is 9.84 Å². The van der Waals surface area contributed by atoms with Crippen LogP contribution in [0.4, 0.5) is 13.2 Å². The molecule has 0 aliphatic carbocycles. The van der Waals surface area contributed by atoms with E-state index >= 15 is 0 Å². The van der Waals surface area contributed by atoms with Crippen LogP contribution in [0.2, 0.25) is 0 Å². The van der Waals surface area contributed by atoms with Crippen LogP contribution in [-0.4, -0.2) is 30.6 Å². The first-order chi connectivity index (χ1) is 4.42. The number of aliphatic hydroxyl groups excluding tert-OH is 1. The number of hydrogen-bond acceptors (Lipinski definition) is 2. The quantitative estimate of drug-likeness (QED) is 0.662. The van der Waals surface area contributed by atoms with Crippen molar-refractivity contribution in [3.63, 3.8) is 0 Å². The van der Waals surface area contributed by atoms with Crippen molar-refractivity contribution in [1.29, 1.82) is 0 Å². The lowest BCUT2D eigenvalue weighted by molar-refractivity contribution is -0.178. The van der Waals surface area contributed by atoms with Crippen molar-refractivity contribution in [3.05, 3.63) is 0 Å². The summed E-state index contributed by atoms with van der Waals surface area (Å²) in [7, 11) is 0. The van der Waals surface area contributed by atoms with E-state index in [2.05, 4.69) is 4.74 Å². The fraction of sp³-hybridized carbons (Fsp3) is 1.00. The van der Waals surface area contributed by atoms with Gasteiger partial charge >= 0.3 is 6.18 Å². The smallest absolute Gasteiger partial charge is 0.391 e. The second-order valence-electron chi connectivity index (χ2n) is 1.98. The Morgan fingerprint density at radius 3 is 2.30 bits per heavy atom. The average Bonchev–Trinajstić information content (AvgIpc) is 1.59. The largest absolute Gasteiger partial charge is 0.411 e. The third-order valence-electron chi connectivity index (χ3n) is 0.625. The van der Waals surface area contributed by atoms with Gasteiger partial charge in [0, 0.05) is 0 Å². The number of halogens is 3. The molecule has 1 atom stereocenters. The van der Waals surface area contributed by atoms with Gasteiger partial charge in [-0.25, -0.2) is 0 Å². The summed E-state index contributed by atoms with van der Waals surface area (Å²) < 4.78 is 38.0. The molecule has 62 valence electrons. The van der Waals surface area contributed by atoms with Gasteiger partial charge in [-0.1, -0.05) is 0 Å². The monoisotopic (exact) mass is 158 g/mol. The molecule has 0 heterocycles. The first-order valence-electron chi connectivity index (χ1n) is 2.74. The van der Waals surface area contributed by atoms with Crippen LogP contribution >= 0.6 is 0 Å². The van der Waals surface area contributed by atoms with Crippen LogP contribution < -0.4 is 0 Å². The minimum Gasteiger partial charge on any atom is -0.391 e. The normalized spacial score (nSPS) is 15.3. The van der Waals surface area contributed by atoms with Crippen LogP contribution in [-0.2, 0) is 4.74 Å². The second-order valence-corrected chi connectivity index (χ2v) is 1.98. The fourth-order valence-electron chi connectivity index (χ4n) is 0.345. The molecular weight excluding hydrogens is 149 g/mol. The Morgan fingerprint density at radius 2 is 2.00 bits per heavy atom. The fourth-order valence-corrected chi connectivity index (χ4v) is 0.345. The molecule has 1 unspecified atom stereocenters. The molecule has 0 bridgehead atoms. The van der Waals surface area contributed by atoms with Gasteiger partial charge in [-0.3, -0.25) is 0 Å².